The average Bonchev–Trinajstić information content (AvgIpc) is 2.92. The molecule has 100 valence electrons. The Labute approximate surface area is 114 Å². The molecule has 0 saturated carbocycles. The number of carbonyl (C=O) groups excluding carboxylic acids is 1. The second kappa shape index (κ2) is 5.41. The molecule has 1 N–H and O–H groups in total. The monoisotopic (exact) mass is 297 g/mol. The summed E-state index contributed by atoms with van der Waals surface area (Å²) in [6, 6.07) is 9.29. The minimum absolute atomic E-state index is 0.218. The Hall–Kier alpha value is -1.86. The number of thiophene rings is 1. The summed E-state index contributed by atoms with van der Waals surface area (Å²) < 4.78 is 31.2. The lowest BCUT2D eigenvalue weighted by Crippen LogP contribution is -2.12. The zero-order valence-electron chi connectivity index (χ0n) is 9.99. The Kier molecular flexibility index (Phi) is 3.87. The van der Waals surface area contributed by atoms with Crippen LogP contribution in [0.15, 0.2) is 46.0 Å². The molecular formula is C12H11NO4S2. The summed E-state index contributed by atoms with van der Waals surface area (Å²) >= 11 is 1.12. The van der Waals surface area contributed by atoms with Gasteiger partial charge in [-0.2, -0.15) is 0 Å². The first-order valence-corrected chi connectivity index (χ1v) is 7.64. The molecule has 19 heavy (non-hydrogen) atoms. The van der Waals surface area contributed by atoms with Crippen LogP contribution in [0.25, 0.3) is 0 Å². The summed E-state index contributed by atoms with van der Waals surface area (Å²) in [5, 5.41) is 1.68. The van der Waals surface area contributed by atoms with Crippen molar-refractivity contribution in [3.8, 4) is 0 Å². The maximum Gasteiger partial charge on any atom is 0.337 e. The smallest absolute Gasteiger partial charge is 0.337 e. The van der Waals surface area contributed by atoms with Gasteiger partial charge in [-0.25, -0.2) is 13.2 Å². The van der Waals surface area contributed by atoms with Gasteiger partial charge in [-0.05, 0) is 29.6 Å². The Morgan fingerprint density at radius 3 is 2.68 bits per heavy atom. The standard InChI is InChI=1S/C12H11NO4S2/c1-17-12(14)9-4-2-5-10(8-9)13-19(15,16)11-6-3-7-18-11/h2-8,13H,1H3. The van der Waals surface area contributed by atoms with Gasteiger partial charge in [0.2, 0.25) is 0 Å². The molecule has 0 unspecified atom stereocenters. The van der Waals surface area contributed by atoms with Crippen LogP contribution in [0, 0.1) is 0 Å². The van der Waals surface area contributed by atoms with E-state index in [0.717, 1.165) is 11.3 Å². The lowest BCUT2D eigenvalue weighted by molar-refractivity contribution is 0.0601. The quantitative estimate of drug-likeness (QED) is 0.879. The van der Waals surface area contributed by atoms with Crippen LogP contribution < -0.4 is 4.72 Å². The highest BCUT2D eigenvalue weighted by Gasteiger charge is 2.15. The molecule has 0 bridgehead atoms. The molecule has 0 fully saturated rings. The number of hydrogen-bond donors (Lipinski definition) is 1. The summed E-state index contributed by atoms with van der Waals surface area (Å²) in [5.41, 5.74) is 0.602. The maximum absolute atomic E-state index is 12.0. The molecule has 0 spiro atoms. The van der Waals surface area contributed by atoms with Gasteiger partial charge in [0.25, 0.3) is 10.0 Å². The second-order valence-corrected chi connectivity index (χ2v) is 6.47. The molecule has 1 aromatic heterocycles. The highest BCUT2D eigenvalue weighted by Crippen LogP contribution is 2.20. The van der Waals surface area contributed by atoms with Crippen molar-refractivity contribution < 1.29 is 17.9 Å². The number of nitrogens with one attached hydrogen (secondary N) is 1. The van der Waals surface area contributed by atoms with Gasteiger partial charge in [0.05, 0.1) is 12.7 Å². The fraction of sp³-hybridized carbons (Fsp3) is 0.0833. The first-order valence-electron chi connectivity index (χ1n) is 5.27. The van der Waals surface area contributed by atoms with Crippen LogP contribution in [-0.2, 0) is 14.8 Å². The van der Waals surface area contributed by atoms with Crippen molar-refractivity contribution in [3.63, 3.8) is 0 Å². The summed E-state index contributed by atoms with van der Waals surface area (Å²) in [5.74, 6) is -0.517. The fourth-order valence-electron chi connectivity index (χ4n) is 1.45. The summed E-state index contributed by atoms with van der Waals surface area (Å²) in [7, 11) is -2.33. The number of benzene rings is 1. The summed E-state index contributed by atoms with van der Waals surface area (Å²) in [6.45, 7) is 0. The van der Waals surface area contributed by atoms with Crippen LogP contribution >= 0.6 is 11.3 Å². The molecular weight excluding hydrogens is 286 g/mol. The number of ether oxygens (including phenoxy) is 1. The van der Waals surface area contributed by atoms with Crippen LogP contribution in [-0.4, -0.2) is 21.5 Å². The van der Waals surface area contributed by atoms with Gasteiger partial charge in [-0.15, -0.1) is 11.3 Å². The molecule has 7 heteroatoms. The molecule has 1 aromatic carbocycles. The third kappa shape index (κ3) is 3.12. The van der Waals surface area contributed by atoms with Crippen molar-refractivity contribution >= 4 is 33.0 Å². The zero-order chi connectivity index (χ0) is 13.9. The maximum atomic E-state index is 12.0. The summed E-state index contributed by atoms with van der Waals surface area (Å²) in [6.07, 6.45) is 0. The van der Waals surface area contributed by atoms with Gasteiger partial charge in [-0.3, -0.25) is 4.72 Å². The first-order chi connectivity index (χ1) is 9.03. The van der Waals surface area contributed by atoms with E-state index < -0.39 is 16.0 Å². The van der Waals surface area contributed by atoms with E-state index in [0.29, 0.717) is 5.69 Å². The predicted octanol–water partition coefficient (Wildman–Crippen LogP) is 2.34. The van der Waals surface area contributed by atoms with Crippen molar-refractivity contribution in [1.82, 2.24) is 0 Å². The molecule has 0 saturated heterocycles. The minimum Gasteiger partial charge on any atom is -0.465 e. The SMILES string of the molecule is COC(=O)c1cccc(NS(=O)(=O)c2cccs2)c1. The Morgan fingerprint density at radius 2 is 2.05 bits per heavy atom. The number of esters is 1. The fourth-order valence-corrected chi connectivity index (χ4v) is 3.49. The minimum atomic E-state index is -3.60. The van der Waals surface area contributed by atoms with Crippen LogP contribution in [0.5, 0.6) is 0 Å². The van der Waals surface area contributed by atoms with Crippen molar-refractivity contribution in [2.45, 2.75) is 4.21 Å². The van der Waals surface area contributed by atoms with Crippen LogP contribution in [0.2, 0.25) is 0 Å². The third-order valence-electron chi connectivity index (χ3n) is 2.30. The van der Waals surface area contributed by atoms with Crippen LogP contribution in [0.4, 0.5) is 5.69 Å². The van der Waals surface area contributed by atoms with E-state index in [1.807, 2.05) is 0 Å². The first kappa shape index (κ1) is 13.6. The van der Waals surface area contributed by atoms with E-state index in [-0.39, 0.29) is 9.77 Å². The largest absolute Gasteiger partial charge is 0.465 e. The lowest BCUT2D eigenvalue weighted by Gasteiger charge is -2.07. The number of rotatable bonds is 4. The molecule has 2 rings (SSSR count). The van der Waals surface area contributed by atoms with E-state index in [4.69, 9.17) is 0 Å². The van der Waals surface area contributed by atoms with E-state index >= 15 is 0 Å². The number of sulfonamides is 1. The van der Waals surface area contributed by atoms with Gasteiger partial charge in [0.1, 0.15) is 4.21 Å². The van der Waals surface area contributed by atoms with Crippen LogP contribution in [0.3, 0.4) is 0 Å². The Balaban J connectivity index is 2.27. The highest BCUT2D eigenvalue weighted by atomic mass is 32.2. The predicted molar refractivity (Wildman–Crippen MR) is 72.9 cm³/mol. The molecule has 0 atom stereocenters. The van der Waals surface area contributed by atoms with Gasteiger partial charge in [0, 0.05) is 5.69 Å². The molecule has 0 aliphatic heterocycles. The zero-order valence-corrected chi connectivity index (χ0v) is 11.6. The van der Waals surface area contributed by atoms with E-state index in [9.17, 15) is 13.2 Å². The van der Waals surface area contributed by atoms with Gasteiger partial charge >= 0.3 is 5.97 Å². The third-order valence-corrected chi connectivity index (χ3v) is 5.07. The van der Waals surface area contributed by atoms with E-state index in [2.05, 4.69) is 9.46 Å². The topological polar surface area (TPSA) is 72.5 Å². The molecule has 2 aromatic rings. The number of methoxy groups -OCH3 is 1. The molecule has 5 nitrogen and oxygen atoms in total. The van der Waals surface area contributed by atoms with Gasteiger partial charge < -0.3 is 4.74 Å². The molecule has 0 amide bonds. The van der Waals surface area contributed by atoms with Crippen molar-refractivity contribution in [2.75, 3.05) is 11.8 Å². The number of hydrogen-bond acceptors (Lipinski definition) is 5. The van der Waals surface area contributed by atoms with E-state index in [1.165, 1.54) is 19.2 Å². The lowest BCUT2D eigenvalue weighted by atomic mass is 10.2. The van der Waals surface area contributed by atoms with Crippen LogP contribution in [0.1, 0.15) is 10.4 Å². The number of carbonyl (C=O) groups is 1. The summed E-state index contributed by atoms with van der Waals surface area (Å²) in [4.78, 5) is 11.4. The van der Waals surface area contributed by atoms with Gasteiger partial charge in [-0.1, -0.05) is 12.1 Å². The molecule has 1 heterocycles. The van der Waals surface area contributed by atoms with Crippen molar-refractivity contribution in [3.05, 3.63) is 47.3 Å². The van der Waals surface area contributed by atoms with E-state index in [1.54, 1.807) is 29.6 Å². The van der Waals surface area contributed by atoms with Crippen molar-refractivity contribution in [1.29, 1.82) is 0 Å². The van der Waals surface area contributed by atoms with Crippen molar-refractivity contribution in [2.24, 2.45) is 0 Å². The average molecular weight is 297 g/mol. The second-order valence-electron chi connectivity index (χ2n) is 3.61. The molecule has 0 aliphatic carbocycles. The highest BCUT2D eigenvalue weighted by molar-refractivity contribution is 7.94. The Bertz CT molecular complexity index is 678. The Morgan fingerprint density at radius 1 is 1.26 bits per heavy atom. The normalized spacial score (nSPS) is 11.0. The van der Waals surface area contributed by atoms with Gasteiger partial charge in [0.15, 0.2) is 0 Å². The molecule has 0 radical (unpaired) electrons. The number of anilines is 1. The molecule has 0 aliphatic rings.